The Kier molecular flexibility index (Phi) is 3.48. The van der Waals surface area contributed by atoms with Crippen molar-refractivity contribution in [3.8, 4) is 0 Å². The summed E-state index contributed by atoms with van der Waals surface area (Å²) in [4.78, 5) is 10.7. The predicted molar refractivity (Wildman–Crippen MR) is 53.6 cm³/mol. The molecule has 0 bridgehead atoms. The van der Waals surface area contributed by atoms with E-state index in [-0.39, 0.29) is 0 Å². The molecule has 4 nitrogen and oxygen atoms in total. The molecule has 0 heterocycles. The largest absolute Gasteiger partial charge is 0.391 e. The lowest BCUT2D eigenvalue weighted by Crippen LogP contribution is -2.38. The lowest BCUT2D eigenvalue weighted by molar-refractivity contribution is 0.147. The van der Waals surface area contributed by atoms with Crippen molar-refractivity contribution in [3.63, 3.8) is 0 Å². The normalized spacial score (nSPS) is 14.4. The number of aliphatic hydroxyl groups is 1. The number of aliphatic hydroxyl groups excluding tert-OH is 1. The van der Waals surface area contributed by atoms with Crippen molar-refractivity contribution in [3.05, 3.63) is 35.9 Å². The summed E-state index contributed by atoms with van der Waals surface area (Å²) < 4.78 is 0. The van der Waals surface area contributed by atoms with Crippen LogP contribution in [0.5, 0.6) is 0 Å². The number of carbonyl (C=O) groups excluding carboxylic acids is 1. The number of nitrogens with two attached hydrogens (primary N) is 1. The monoisotopic (exact) mass is 194 g/mol. The molecule has 1 unspecified atom stereocenters. The van der Waals surface area contributed by atoms with E-state index in [9.17, 15) is 9.90 Å². The summed E-state index contributed by atoms with van der Waals surface area (Å²) in [6.45, 7) is 1.60. The van der Waals surface area contributed by atoms with Crippen LogP contribution < -0.4 is 11.1 Å². The molecule has 0 aromatic heterocycles. The van der Waals surface area contributed by atoms with Gasteiger partial charge < -0.3 is 16.2 Å². The van der Waals surface area contributed by atoms with Gasteiger partial charge >= 0.3 is 6.03 Å². The number of hydrogen-bond donors (Lipinski definition) is 3. The van der Waals surface area contributed by atoms with E-state index in [2.05, 4.69) is 5.32 Å². The maximum Gasteiger partial charge on any atom is 0.312 e. The minimum atomic E-state index is -0.676. The molecule has 2 atom stereocenters. The molecule has 0 saturated heterocycles. The Hall–Kier alpha value is -1.55. The number of primary amides is 1. The van der Waals surface area contributed by atoms with E-state index in [0.29, 0.717) is 0 Å². The smallest absolute Gasteiger partial charge is 0.312 e. The summed E-state index contributed by atoms with van der Waals surface area (Å²) >= 11 is 0. The molecule has 76 valence electrons. The lowest BCUT2D eigenvalue weighted by Gasteiger charge is -2.20. The van der Waals surface area contributed by atoms with Gasteiger partial charge in [-0.05, 0) is 12.5 Å². The number of carbonyl (C=O) groups is 1. The maximum atomic E-state index is 10.7. The topological polar surface area (TPSA) is 75.3 Å². The van der Waals surface area contributed by atoms with Gasteiger partial charge in [0, 0.05) is 0 Å². The average molecular weight is 194 g/mol. The molecular formula is C10H14N2O2. The third kappa shape index (κ3) is 2.74. The third-order valence-electron chi connectivity index (χ3n) is 1.94. The van der Waals surface area contributed by atoms with Crippen LogP contribution in [0.3, 0.4) is 0 Å². The van der Waals surface area contributed by atoms with Crippen molar-refractivity contribution >= 4 is 6.03 Å². The average Bonchev–Trinajstić information content (AvgIpc) is 2.15. The van der Waals surface area contributed by atoms with Crippen LogP contribution in [-0.2, 0) is 0 Å². The van der Waals surface area contributed by atoms with Crippen molar-refractivity contribution in [2.75, 3.05) is 0 Å². The van der Waals surface area contributed by atoms with Crippen molar-refractivity contribution in [1.82, 2.24) is 5.32 Å². The van der Waals surface area contributed by atoms with E-state index in [1.54, 1.807) is 6.92 Å². The zero-order valence-corrected chi connectivity index (χ0v) is 7.97. The molecular weight excluding hydrogens is 180 g/mol. The quantitative estimate of drug-likeness (QED) is 0.665. The van der Waals surface area contributed by atoms with Crippen molar-refractivity contribution in [2.45, 2.75) is 19.1 Å². The Morgan fingerprint density at radius 1 is 1.43 bits per heavy atom. The van der Waals surface area contributed by atoms with Gasteiger partial charge in [-0.1, -0.05) is 30.3 Å². The molecule has 0 aliphatic rings. The predicted octanol–water partition coefficient (Wildman–Crippen LogP) is 0.777. The zero-order chi connectivity index (χ0) is 10.6. The van der Waals surface area contributed by atoms with E-state index in [1.807, 2.05) is 30.3 Å². The van der Waals surface area contributed by atoms with Crippen LogP contribution in [-0.4, -0.2) is 17.2 Å². The number of urea groups is 1. The lowest BCUT2D eigenvalue weighted by atomic mass is 10.0. The highest BCUT2D eigenvalue weighted by Crippen LogP contribution is 2.15. The Bertz CT molecular complexity index is 298. The second-order valence-electron chi connectivity index (χ2n) is 3.14. The molecule has 4 N–H and O–H groups in total. The second kappa shape index (κ2) is 4.62. The van der Waals surface area contributed by atoms with Crippen molar-refractivity contribution in [1.29, 1.82) is 0 Å². The van der Waals surface area contributed by atoms with Crippen molar-refractivity contribution in [2.24, 2.45) is 5.73 Å². The molecule has 1 rings (SSSR count). The van der Waals surface area contributed by atoms with Gasteiger partial charge in [0.1, 0.15) is 0 Å². The van der Waals surface area contributed by atoms with Crippen LogP contribution in [0.4, 0.5) is 4.79 Å². The minimum Gasteiger partial charge on any atom is -0.391 e. The molecule has 0 radical (unpaired) electrons. The summed E-state index contributed by atoms with van der Waals surface area (Å²) in [5.41, 5.74) is 5.84. The first-order valence-corrected chi connectivity index (χ1v) is 4.40. The summed E-state index contributed by atoms with van der Waals surface area (Å²) in [7, 11) is 0. The first kappa shape index (κ1) is 10.5. The van der Waals surface area contributed by atoms with Crippen molar-refractivity contribution < 1.29 is 9.90 Å². The van der Waals surface area contributed by atoms with Gasteiger partial charge in [0.2, 0.25) is 0 Å². The molecule has 14 heavy (non-hydrogen) atoms. The molecule has 0 spiro atoms. The Morgan fingerprint density at radius 2 is 2.00 bits per heavy atom. The second-order valence-corrected chi connectivity index (χ2v) is 3.14. The van der Waals surface area contributed by atoms with Crippen LogP contribution in [0.25, 0.3) is 0 Å². The Balaban J connectivity index is 2.83. The molecule has 0 aliphatic heterocycles. The van der Waals surface area contributed by atoms with Crippen LogP contribution in [0.15, 0.2) is 30.3 Å². The summed E-state index contributed by atoms with van der Waals surface area (Å²) in [5, 5.41) is 11.9. The van der Waals surface area contributed by atoms with Crippen LogP contribution in [0.2, 0.25) is 0 Å². The Labute approximate surface area is 82.7 Å². The number of hydrogen-bond acceptors (Lipinski definition) is 2. The standard InChI is InChI=1S/C10H14N2O2/c1-7(13)9(12-10(11)14)8-5-3-2-4-6-8/h2-7,9,13H,1H3,(H3,11,12,14)/t7?,9-/m1/s1. The van der Waals surface area contributed by atoms with Gasteiger partial charge in [-0.3, -0.25) is 0 Å². The SMILES string of the molecule is CC(O)[C@@H](NC(N)=O)c1ccccc1. The summed E-state index contributed by atoms with van der Waals surface area (Å²) in [5.74, 6) is 0. The molecule has 2 amide bonds. The molecule has 0 aliphatic carbocycles. The minimum absolute atomic E-state index is 0.450. The number of amides is 2. The number of benzene rings is 1. The number of rotatable bonds is 3. The van der Waals surface area contributed by atoms with Crippen LogP contribution >= 0.6 is 0 Å². The first-order chi connectivity index (χ1) is 6.61. The highest BCUT2D eigenvalue weighted by Gasteiger charge is 2.17. The summed E-state index contributed by atoms with van der Waals surface area (Å²) in [6, 6.07) is 8.11. The molecule has 1 aromatic carbocycles. The number of nitrogens with one attached hydrogen (secondary N) is 1. The molecule has 4 heteroatoms. The van der Waals surface area contributed by atoms with Gasteiger partial charge in [0.15, 0.2) is 0 Å². The fraction of sp³-hybridized carbons (Fsp3) is 0.300. The van der Waals surface area contributed by atoms with Crippen LogP contribution in [0.1, 0.15) is 18.5 Å². The van der Waals surface area contributed by atoms with Gasteiger partial charge in [-0.2, -0.15) is 0 Å². The molecule has 1 aromatic rings. The first-order valence-electron chi connectivity index (χ1n) is 4.40. The summed E-state index contributed by atoms with van der Waals surface area (Å²) in [6.07, 6.45) is -0.676. The van der Waals surface area contributed by atoms with E-state index >= 15 is 0 Å². The fourth-order valence-corrected chi connectivity index (χ4v) is 1.30. The fourth-order valence-electron chi connectivity index (χ4n) is 1.30. The van der Waals surface area contributed by atoms with E-state index in [4.69, 9.17) is 5.73 Å². The van der Waals surface area contributed by atoms with Gasteiger partial charge in [-0.25, -0.2) is 4.79 Å². The van der Waals surface area contributed by atoms with E-state index in [0.717, 1.165) is 5.56 Å². The zero-order valence-electron chi connectivity index (χ0n) is 7.97. The third-order valence-corrected chi connectivity index (χ3v) is 1.94. The molecule has 0 fully saturated rings. The molecule has 0 saturated carbocycles. The van der Waals surface area contributed by atoms with Gasteiger partial charge in [0.05, 0.1) is 12.1 Å². The van der Waals surface area contributed by atoms with Gasteiger partial charge in [0.25, 0.3) is 0 Å². The van der Waals surface area contributed by atoms with E-state index < -0.39 is 18.2 Å². The Morgan fingerprint density at radius 3 is 2.43 bits per heavy atom. The highest BCUT2D eigenvalue weighted by molar-refractivity contribution is 5.72. The van der Waals surface area contributed by atoms with Crippen LogP contribution in [0, 0.1) is 0 Å². The highest BCUT2D eigenvalue weighted by atomic mass is 16.3. The van der Waals surface area contributed by atoms with Gasteiger partial charge in [-0.15, -0.1) is 0 Å². The maximum absolute atomic E-state index is 10.7. The van der Waals surface area contributed by atoms with E-state index in [1.165, 1.54) is 0 Å².